The first-order chi connectivity index (χ1) is 11.8. The van der Waals surface area contributed by atoms with Crippen LogP contribution in [0.2, 0.25) is 0 Å². The maximum Gasteiger partial charge on any atom is 0.229 e. The SMILES string of the molecule is Cc1cc(C)nc(N2CCC[C@@H](C(=O)Nc3c(C)nn(C)c3C)C2)n1. The zero-order valence-electron chi connectivity index (χ0n) is 15.6. The van der Waals surface area contributed by atoms with E-state index in [9.17, 15) is 4.79 Å². The van der Waals surface area contributed by atoms with Crippen LogP contribution in [0.15, 0.2) is 6.07 Å². The highest BCUT2D eigenvalue weighted by atomic mass is 16.1. The fourth-order valence-electron chi connectivity index (χ4n) is 3.40. The monoisotopic (exact) mass is 342 g/mol. The van der Waals surface area contributed by atoms with E-state index >= 15 is 0 Å². The van der Waals surface area contributed by atoms with Gasteiger partial charge in [0, 0.05) is 31.5 Å². The Balaban J connectivity index is 1.73. The van der Waals surface area contributed by atoms with Gasteiger partial charge in [0.1, 0.15) is 0 Å². The molecule has 1 saturated heterocycles. The highest BCUT2D eigenvalue weighted by Gasteiger charge is 2.28. The molecule has 2 aromatic rings. The maximum atomic E-state index is 12.8. The Hall–Kier alpha value is -2.44. The zero-order valence-corrected chi connectivity index (χ0v) is 15.6. The minimum Gasteiger partial charge on any atom is -0.340 e. The van der Waals surface area contributed by atoms with Crippen molar-refractivity contribution >= 4 is 17.5 Å². The number of carbonyl (C=O) groups is 1. The highest BCUT2D eigenvalue weighted by Crippen LogP contribution is 2.24. The van der Waals surface area contributed by atoms with Crippen molar-refractivity contribution in [3.63, 3.8) is 0 Å². The molecule has 1 atom stereocenters. The van der Waals surface area contributed by atoms with Gasteiger partial charge in [-0.05, 0) is 46.6 Å². The average molecular weight is 342 g/mol. The molecular formula is C18H26N6O. The molecule has 1 amide bonds. The van der Waals surface area contributed by atoms with Crippen molar-refractivity contribution in [2.45, 2.75) is 40.5 Å². The molecule has 7 heteroatoms. The topological polar surface area (TPSA) is 75.9 Å². The number of nitrogens with zero attached hydrogens (tertiary/aromatic N) is 5. The van der Waals surface area contributed by atoms with Gasteiger partial charge >= 0.3 is 0 Å². The second kappa shape index (κ2) is 6.82. The van der Waals surface area contributed by atoms with Gasteiger partial charge in [-0.15, -0.1) is 0 Å². The van der Waals surface area contributed by atoms with Crippen LogP contribution in [0.1, 0.15) is 35.6 Å². The summed E-state index contributed by atoms with van der Waals surface area (Å²) in [6.45, 7) is 9.36. The van der Waals surface area contributed by atoms with Crippen molar-refractivity contribution in [3.8, 4) is 0 Å². The number of piperidine rings is 1. The Morgan fingerprint density at radius 2 is 1.88 bits per heavy atom. The predicted octanol–water partition coefficient (Wildman–Crippen LogP) is 2.30. The summed E-state index contributed by atoms with van der Waals surface area (Å²) in [4.78, 5) is 24.0. The van der Waals surface area contributed by atoms with Crippen LogP contribution in [-0.2, 0) is 11.8 Å². The summed E-state index contributed by atoms with van der Waals surface area (Å²) in [7, 11) is 1.89. The fourth-order valence-corrected chi connectivity index (χ4v) is 3.40. The van der Waals surface area contributed by atoms with Gasteiger partial charge in [-0.1, -0.05) is 0 Å². The van der Waals surface area contributed by atoms with Crippen molar-refractivity contribution in [2.75, 3.05) is 23.3 Å². The lowest BCUT2D eigenvalue weighted by atomic mass is 9.97. The van der Waals surface area contributed by atoms with Gasteiger partial charge in [0.05, 0.1) is 23.0 Å². The number of hydrogen-bond donors (Lipinski definition) is 1. The van der Waals surface area contributed by atoms with E-state index in [0.717, 1.165) is 53.8 Å². The second-order valence-electron chi connectivity index (χ2n) is 6.89. The van der Waals surface area contributed by atoms with Crippen molar-refractivity contribution in [3.05, 3.63) is 28.8 Å². The quantitative estimate of drug-likeness (QED) is 0.926. The van der Waals surface area contributed by atoms with Crippen LogP contribution in [0.5, 0.6) is 0 Å². The molecule has 2 aromatic heterocycles. The van der Waals surface area contributed by atoms with Crippen LogP contribution in [0.3, 0.4) is 0 Å². The number of amides is 1. The van der Waals surface area contributed by atoms with Crippen molar-refractivity contribution in [1.82, 2.24) is 19.7 Å². The van der Waals surface area contributed by atoms with Gasteiger partial charge in [-0.2, -0.15) is 5.10 Å². The number of hydrogen-bond acceptors (Lipinski definition) is 5. The summed E-state index contributed by atoms with van der Waals surface area (Å²) < 4.78 is 1.79. The van der Waals surface area contributed by atoms with E-state index in [1.54, 1.807) is 4.68 Å². The molecule has 0 aliphatic carbocycles. The lowest BCUT2D eigenvalue weighted by molar-refractivity contribution is -0.120. The van der Waals surface area contributed by atoms with E-state index < -0.39 is 0 Å². The molecule has 7 nitrogen and oxygen atoms in total. The summed E-state index contributed by atoms with van der Waals surface area (Å²) in [5.74, 6) is 0.703. The van der Waals surface area contributed by atoms with E-state index in [-0.39, 0.29) is 11.8 Å². The van der Waals surface area contributed by atoms with Crippen LogP contribution < -0.4 is 10.2 Å². The number of aryl methyl sites for hydroxylation is 4. The van der Waals surface area contributed by atoms with Gasteiger partial charge in [0.15, 0.2) is 0 Å². The third-order valence-corrected chi connectivity index (χ3v) is 4.80. The summed E-state index contributed by atoms with van der Waals surface area (Å²) in [6, 6.07) is 1.96. The number of rotatable bonds is 3. The largest absolute Gasteiger partial charge is 0.340 e. The van der Waals surface area contributed by atoms with E-state index in [0.29, 0.717) is 6.54 Å². The van der Waals surface area contributed by atoms with E-state index in [2.05, 4.69) is 25.3 Å². The molecule has 3 rings (SSSR count). The molecule has 1 fully saturated rings. The smallest absolute Gasteiger partial charge is 0.229 e. The normalized spacial score (nSPS) is 17.6. The fraction of sp³-hybridized carbons (Fsp3) is 0.556. The first-order valence-corrected chi connectivity index (χ1v) is 8.73. The third kappa shape index (κ3) is 3.65. The molecular weight excluding hydrogens is 316 g/mol. The molecule has 0 bridgehead atoms. The van der Waals surface area contributed by atoms with Crippen LogP contribution >= 0.6 is 0 Å². The van der Waals surface area contributed by atoms with Gasteiger partial charge in [0.25, 0.3) is 0 Å². The number of carbonyl (C=O) groups excluding carboxylic acids is 1. The molecule has 134 valence electrons. The maximum absolute atomic E-state index is 12.8. The molecule has 0 saturated carbocycles. The standard InChI is InChI=1S/C18H26N6O/c1-11-9-12(2)20-18(19-11)24-8-6-7-15(10-24)17(25)21-16-13(3)22-23(5)14(16)4/h9,15H,6-8,10H2,1-5H3,(H,21,25)/t15-/m1/s1. The molecule has 0 unspecified atom stereocenters. The molecule has 3 heterocycles. The first-order valence-electron chi connectivity index (χ1n) is 8.73. The van der Waals surface area contributed by atoms with E-state index in [4.69, 9.17) is 0 Å². The highest BCUT2D eigenvalue weighted by molar-refractivity contribution is 5.94. The van der Waals surface area contributed by atoms with Crippen LogP contribution in [-0.4, -0.2) is 38.7 Å². The Kier molecular flexibility index (Phi) is 4.74. The Morgan fingerprint density at radius 3 is 2.48 bits per heavy atom. The summed E-state index contributed by atoms with van der Waals surface area (Å²) in [5, 5.41) is 7.44. The molecule has 0 radical (unpaired) electrons. The molecule has 0 spiro atoms. The first kappa shape index (κ1) is 17.4. The molecule has 0 aromatic carbocycles. The lowest BCUT2D eigenvalue weighted by Gasteiger charge is -2.32. The van der Waals surface area contributed by atoms with E-state index in [1.807, 2.05) is 40.8 Å². The summed E-state index contributed by atoms with van der Waals surface area (Å²) in [5.41, 5.74) is 4.55. The number of aromatic nitrogens is 4. The molecule has 1 aliphatic rings. The Bertz CT molecular complexity index is 777. The summed E-state index contributed by atoms with van der Waals surface area (Å²) in [6.07, 6.45) is 1.84. The van der Waals surface area contributed by atoms with Crippen LogP contribution in [0.25, 0.3) is 0 Å². The zero-order chi connectivity index (χ0) is 18.1. The second-order valence-corrected chi connectivity index (χ2v) is 6.89. The lowest BCUT2D eigenvalue weighted by Crippen LogP contribution is -2.41. The predicted molar refractivity (Wildman–Crippen MR) is 97.8 cm³/mol. The minimum absolute atomic E-state index is 0.0493. The van der Waals surface area contributed by atoms with Gasteiger partial charge in [0.2, 0.25) is 11.9 Å². The average Bonchev–Trinajstić information content (AvgIpc) is 2.80. The summed E-state index contributed by atoms with van der Waals surface area (Å²) >= 11 is 0. The number of nitrogens with one attached hydrogen (secondary N) is 1. The van der Waals surface area contributed by atoms with Crippen molar-refractivity contribution in [2.24, 2.45) is 13.0 Å². The Morgan fingerprint density at radius 1 is 1.20 bits per heavy atom. The van der Waals surface area contributed by atoms with Gasteiger partial charge < -0.3 is 10.2 Å². The van der Waals surface area contributed by atoms with E-state index in [1.165, 1.54) is 0 Å². The van der Waals surface area contributed by atoms with Gasteiger partial charge in [-0.3, -0.25) is 9.48 Å². The Labute approximate surface area is 148 Å². The molecule has 25 heavy (non-hydrogen) atoms. The number of anilines is 2. The van der Waals surface area contributed by atoms with Crippen LogP contribution in [0.4, 0.5) is 11.6 Å². The minimum atomic E-state index is -0.0721. The van der Waals surface area contributed by atoms with Crippen LogP contribution in [0, 0.1) is 33.6 Å². The third-order valence-electron chi connectivity index (χ3n) is 4.80. The molecule has 1 N–H and O–H groups in total. The molecule has 1 aliphatic heterocycles. The van der Waals surface area contributed by atoms with Gasteiger partial charge in [-0.25, -0.2) is 9.97 Å². The van der Waals surface area contributed by atoms with Crippen molar-refractivity contribution in [1.29, 1.82) is 0 Å². The van der Waals surface area contributed by atoms with Crippen molar-refractivity contribution < 1.29 is 4.79 Å².